The van der Waals surface area contributed by atoms with Gasteiger partial charge in [-0.2, -0.15) is 0 Å². The van der Waals surface area contributed by atoms with Crippen LogP contribution in [0.25, 0.3) is 0 Å². The molecule has 0 amide bonds. The lowest BCUT2D eigenvalue weighted by atomic mass is 10.4. The van der Waals surface area contributed by atoms with Gasteiger partial charge in [-0.1, -0.05) is 30.3 Å². The van der Waals surface area contributed by atoms with Crippen LogP contribution in [0, 0.1) is 0 Å². The number of rotatable bonds is 9. The van der Waals surface area contributed by atoms with Crippen molar-refractivity contribution in [3.8, 4) is 0 Å². The molecule has 0 bridgehead atoms. The van der Waals surface area contributed by atoms with Crippen molar-refractivity contribution in [2.75, 3.05) is 54.5 Å². The second kappa shape index (κ2) is 8.54. The maximum Gasteiger partial charge on any atom is 0.369 e. The van der Waals surface area contributed by atoms with Crippen LogP contribution in [0.5, 0.6) is 0 Å². The van der Waals surface area contributed by atoms with Crippen LogP contribution in [0.15, 0.2) is 30.3 Å². The summed E-state index contributed by atoms with van der Waals surface area (Å²) in [5, 5.41) is 1.19. The van der Waals surface area contributed by atoms with E-state index >= 15 is 0 Å². The molecule has 0 aromatic heterocycles. The molecule has 0 radical (unpaired) electrons. The van der Waals surface area contributed by atoms with Crippen LogP contribution in [0.2, 0.25) is 6.55 Å². The Labute approximate surface area is 124 Å². The fraction of sp³-hybridized carbons (Fsp3) is 0.600. The van der Waals surface area contributed by atoms with Gasteiger partial charge in [-0.3, -0.25) is 0 Å². The third-order valence-corrected chi connectivity index (χ3v) is 6.02. The molecule has 4 nitrogen and oxygen atoms in total. The summed E-state index contributed by atoms with van der Waals surface area (Å²) >= 11 is 0. The SMILES string of the molecule is CN(C)CCO[Si](C)(OCCN(C)C)c1ccccc1. The van der Waals surface area contributed by atoms with Crippen molar-refractivity contribution in [3.05, 3.63) is 30.3 Å². The average molecular weight is 296 g/mol. The molecular formula is C15H28N2O2Si. The van der Waals surface area contributed by atoms with Crippen molar-refractivity contribution >= 4 is 13.7 Å². The smallest absolute Gasteiger partial charge is 0.369 e. The number of hydrogen-bond acceptors (Lipinski definition) is 4. The highest BCUT2D eigenvalue weighted by Crippen LogP contribution is 2.08. The number of hydrogen-bond donors (Lipinski definition) is 0. The largest absolute Gasteiger partial charge is 0.390 e. The first-order chi connectivity index (χ1) is 9.44. The molecule has 114 valence electrons. The summed E-state index contributed by atoms with van der Waals surface area (Å²) < 4.78 is 12.3. The van der Waals surface area contributed by atoms with Gasteiger partial charge in [0.05, 0.1) is 0 Å². The van der Waals surface area contributed by atoms with Gasteiger partial charge in [0.15, 0.2) is 0 Å². The van der Waals surface area contributed by atoms with E-state index in [0.29, 0.717) is 13.2 Å². The first-order valence-electron chi connectivity index (χ1n) is 7.07. The van der Waals surface area contributed by atoms with Gasteiger partial charge < -0.3 is 18.7 Å². The third-order valence-electron chi connectivity index (χ3n) is 3.13. The molecule has 1 aromatic carbocycles. The monoisotopic (exact) mass is 296 g/mol. The first kappa shape index (κ1) is 17.3. The van der Waals surface area contributed by atoms with Crippen LogP contribution in [-0.2, 0) is 8.85 Å². The van der Waals surface area contributed by atoms with Crippen LogP contribution in [-0.4, -0.2) is 72.9 Å². The molecule has 5 heteroatoms. The van der Waals surface area contributed by atoms with Crippen molar-refractivity contribution in [2.24, 2.45) is 0 Å². The molecule has 0 aliphatic heterocycles. The van der Waals surface area contributed by atoms with Gasteiger partial charge in [0.25, 0.3) is 0 Å². The zero-order valence-electron chi connectivity index (χ0n) is 13.4. The molecule has 1 aromatic rings. The Morgan fingerprint density at radius 2 is 1.30 bits per heavy atom. The molecule has 0 fully saturated rings. The Balaban J connectivity index is 2.67. The van der Waals surface area contributed by atoms with Crippen LogP contribution in [0.3, 0.4) is 0 Å². The minimum absolute atomic E-state index is 0.701. The predicted molar refractivity (Wildman–Crippen MR) is 86.7 cm³/mol. The van der Waals surface area contributed by atoms with Crippen molar-refractivity contribution < 1.29 is 8.85 Å². The summed E-state index contributed by atoms with van der Waals surface area (Å²) in [6, 6.07) is 10.3. The average Bonchev–Trinajstić information content (AvgIpc) is 2.39. The van der Waals surface area contributed by atoms with Crippen LogP contribution in [0.1, 0.15) is 0 Å². The quantitative estimate of drug-likeness (QED) is 0.638. The highest BCUT2D eigenvalue weighted by atomic mass is 28.4. The highest BCUT2D eigenvalue weighted by Gasteiger charge is 2.34. The molecular weight excluding hydrogens is 268 g/mol. The van der Waals surface area contributed by atoms with E-state index in [2.05, 4.69) is 56.7 Å². The van der Waals surface area contributed by atoms with Gasteiger partial charge in [0, 0.05) is 26.3 Å². The Bertz CT molecular complexity index is 357. The van der Waals surface area contributed by atoms with Crippen molar-refractivity contribution in [1.29, 1.82) is 0 Å². The molecule has 20 heavy (non-hydrogen) atoms. The van der Waals surface area contributed by atoms with Crippen LogP contribution in [0.4, 0.5) is 0 Å². The Kier molecular flexibility index (Phi) is 7.40. The standard InChI is InChI=1S/C15H28N2O2Si/c1-16(2)11-13-18-20(5,19-14-12-17(3)4)15-9-7-6-8-10-15/h6-10H,11-14H2,1-5H3. The summed E-state index contributed by atoms with van der Waals surface area (Å²) in [7, 11) is 5.90. The number of likely N-dealkylation sites (N-methyl/N-ethyl adjacent to an activating group) is 2. The van der Waals surface area contributed by atoms with Crippen LogP contribution >= 0.6 is 0 Å². The first-order valence-corrected chi connectivity index (χ1v) is 9.38. The molecule has 0 heterocycles. The fourth-order valence-corrected chi connectivity index (χ4v) is 3.97. The molecule has 0 N–H and O–H groups in total. The second-order valence-electron chi connectivity index (χ2n) is 5.62. The molecule has 0 saturated heterocycles. The molecule has 0 aliphatic carbocycles. The minimum atomic E-state index is -2.31. The van der Waals surface area contributed by atoms with E-state index in [4.69, 9.17) is 8.85 Å². The summed E-state index contributed by atoms with van der Waals surface area (Å²) in [5.74, 6) is 0. The van der Waals surface area contributed by atoms with E-state index < -0.39 is 8.56 Å². The van der Waals surface area contributed by atoms with Gasteiger partial charge in [0.2, 0.25) is 0 Å². The molecule has 0 saturated carbocycles. The molecule has 0 atom stereocenters. The molecule has 0 unspecified atom stereocenters. The molecule has 1 rings (SSSR count). The van der Waals surface area contributed by atoms with E-state index in [0.717, 1.165) is 13.1 Å². The van der Waals surface area contributed by atoms with E-state index in [1.165, 1.54) is 5.19 Å². The highest BCUT2D eigenvalue weighted by molar-refractivity contribution is 6.79. The summed E-state index contributed by atoms with van der Waals surface area (Å²) in [6.07, 6.45) is 0. The lowest BCUT2D eigenvalue weighted by molar-refractivity contribution is 0.160. The maximum atomic E-state index is 6.16. The van der Waals surface area contributed by atoms with E-state index in [1.54, 1.807) is 0 Å². The topological polar surface area (TPSA) is 24.9 Å². The zero-order valence-corrected chi connectivity index (χ0v) is 14.4. The van der Waals surface area contributed by atoms with E-state index in [9.17, 15) is 0 Å². The lowest BCUT2D eigenvalue weighted by Crippen LogP contribution is -2.52. The van der Waals surface area contributed by atoms with Gasteiger partial charge in [-0.05, 0) is 39.9 Å². The van der Waals surface area contributed by atoms with Crippen molar-refractivity contribution in [3.63, 3.8) is 0 Å². The lowest BCUT2D eigenvalue weighted by Gasteiger charge is -2.28. The Morgan fingerprint density at radius 3 is 1.70 bits per heavy atom. The summed E-state index contributed by atoms with van der Waals surface area (Å²) in [6.45, 7) is 5.35. The maximum absolute atomic E-state index is 6.16. The van der Waals surface area contributed by atoms with Gasteiger partial charge >= 0.3 is 8.56 Å². The number of nitrogens with zero attached hydrogens (tertiary/aromatic N) is 2. The van der Waals surface area contributed by atoms with Gasteiger partial charge in [0.1, 0.15) is 0 Å². The Morgan fingerprint density at radius 1 is 0.850 bits per heavy atom. The third kappa shape index (κ3) is 6.15. The Hall–Kier alpha value is -0.723. The zero-order chi connectivity index (χ0) is 15.0. The van der Waals surface area contributed by atoms with E-state index in [-0.39, 0.29) is 0 Å². The van der Waals surface area contributed by atoms with Gasteiger partial charge in [-0.25, -0.2) is 0 Å². The predicted octanol–water partition coefficient (Wildman–Crippen LogP) is 1.12. The molecule has 0 aliphatic rings. The minimum Gasteiger partial charge on any atom is -0.390 e. The summed E-state index contributed by atoms with van der Waals surface area (Å²) in [5.41, 5.74) is 0. The normalized spacial score (nSPS) is 12.3. The van der Waals surface area contributed by atoms with Crippen molar-refractivity contribution in [1.82, 2.24) is 9.80 Å². The van der Waals surface area contributed by atoms with E-state index in [1.807, 2.05) is 18.2 Å². The number of benzene rings is 1. The molecule has 0 spiro atoms. The fourth-order valence-electron chi connectivity index (χ4n) is 1.80. The van der Waals surface area contributed by atoms with Crippen molar-refractivity contribution in [2.45, 2.75) is 6.55 Å². The van der Waals surface area contributed by atoms with Crippen LogP contribution < -0.4 is 5.19 Å². The summed E-state index contributed by atoms with van der Waals surface area (Å²) in [4.78, 5) is 4.25. The van der Waals surface area contributed by atoms with Gasteiger partial charge in [-0.15, -0.1) is 0 Å². The second-order valence-corrected chi connectivity index (χ2v) is 8.66.